The van der Waals surface area contributed by atoms with Crippen LogP contribution in [0.5, 0.6) is 0 Å². The smallest absolute Gasteiger partial charge is 0.442 e. The Morgan fingerprint density at radius 2 is 1.96 bits per heavy atom. The molecule has 1 aromatic carbocycles. The number of halogens is 1. The number of amides is 1. The number of cyclic esters (lactones) is 1. The molecule has 2 aromatic rings. The fourth-order valence-electron chi connectivity index (χ4n) is 3.21. The molecule has 10 heteroatoms. The Morgan fingerprint density at radius 3 is 2.57 bits per heavy atom. The summed E-state index contributed by atoms with van der Waals surface area (Å²) in [7, 11) is -0.801. The predicted molar refractivity (Wildman–Crippen MR) is 99.8 cm³/mol. The van der Waals surface area contributed by atoms with Gasteiger partial charge in [-0.3, -0.25) is 4.90 Å². The van der Waals surface area contributed by atoms with Gasteiger partial charge in [0.1, 0.15) is 11.9 Å². The van der Waals surface area contributed by atoms with E-state index in [0.29, 0.717) is 24.2 Å². The monoisotopic (exact) mass is 388 g/mol. The molecule has 4 rings (SSSR count). The molecular weight excluding hydrogens is 366 g/mol. The molecule has 0 saturated carbocycles. The summed E-state index contributed by atoms with van der Waals surface area (Å²) in [6.07, 6.45) is 2.33. The molecule has 3 heterocycles. The van der Waals surface area contributed by atoms with Crippen molar-refractivity contribution in [1.29, 1.82) is 0 Å². The van der Waals surface area contributed by atoms with Crippen LogP contribution in [-0.4, -0.2) is 52.1 Å². The fourth-order valence-corrected chi connectivity index (χ4v) is 3.21. The van der Waals surface area contributed by atoms with Crippen molar-refractivity contribution < 1.29 is 23.2 Å². The van der Waals surface area contributed by atoms with Crippen LogP contribution in [0.4, 0.5) is 14.9 Å². The highest BCUT2D eigenvalue weighted by Gasteiger charge is 2.52. The molecule has 1 aromatic heterocycles. The average Bonchev–Trinajstić information content (AvgIpc) is 3.27. The fraction of sp³-hybridized carbons (Fsp3) is 0.500. The number of ether oxygens (including phenoxy) is 1. The molecule has 2 aliphatic heterocycles. The van der Waals surface area contributed by atoms with Gasteiger partial charge in [-0.2, -0.15) is 0 Å². The predicted octanol–water partition coefficient (Wildman–Crippen LogP) is 1.74. The van der Waals surface area contributed by atoms with E-state index in [9.17, 15) is 9.18 Å². The van der Waals surface area contributed by atoms with Gasteiger partial charge in [-0.25, -0.2) is 13.9 Å². The topological polar surface area (TPSA) is 78.7 Å². The Bertz CT molecular complexity index is 874. The number of anilines is 1. The zero-order valence-electron chi connectivity index (χ0n) is 16.3. The zero-order chi connectivity index (χ0) is 20.1. The Labute approximate surface area is 162 Å². The van der Waals surface area contributed by atoms with Crippen molar-refractivity contribution in [2.75, 3.05) is 11.4 Å². The summed E-state index contributed by atoms with van der Waals surface area (Å²) in [6, 6.07) is 4.56. The first-order valence-corrected chi connectivity index (χ1v) is 9.14. The summed E-state index contributed by atoms with van der Waals surface area (Å²) >= 11 is 0. The van der Waals surface area contributed by atoms with Crippen LogP contribution in [0.3, 0.4) is 0 Å². The Balaban J connectivity index is 1.50. The normalized spacial score (nSPS) is 23.3. The SMILES string of the molecule is CC1(C)OB(c2ccc(N3CC(Cn4ccnn4)OC3=O)cc2F)OC1(C)C. The summed E-state index contributed by atoms with van der Waals surface area (Å²) < 4.78 is 33.6. The van der Waals surface area contributed by atoms with E-state index in [1.54, 1.807) is 29.2 Å². The number of benzene rings is 1. The maximum Gasteiger partial charge on any atom is 0.497 e. The number of carbonyl (C=O) groups is 1. The third kappa shape index (κ3) is 3.26. The molecule has 8 nitrogen and oxygen atoms in total. The second-order valence-corrected chi connectivity index (χ2v) is 8.04. The number of rotatable bonds is 4. The third-order valence-corrected chi connectivity index (χ3v) is 5.54. The van der Waals surface area contributed by atoms with Crippen LogP contribution in [0.25, 0.3) is 0 Å². The van der Waals surface area contributed by atoms with E-state index in [4.69, 9.17) is 14.0 Å². The number of hydrogen-bond donors (Lipinski definition) is 0. The van der Waals surface area contributed by atoms with Gasteiger partial charge in [-0.15, -0.1) is 5.10 Å². The first kappa shape index (κ1) is 18.9. The van der Waals surface area contributed by atoms with Gasteiger partial charge in [0.05, 0.1) is 36.2 Å². The quantitative estimate of drug-likeness (QED) is 0.743. The minimum absolute atomic E-state index is 0.300. The maximum absolute atomic E-state index is 14.8. The molecule has 28 heavy (non-hydrogen) atoms. The van der Waals surface area contributed by atoms with Gasteiger partial charge in [-0.1, -0.05) is 11.3 Å². The van der Waals surface area contributed by atoms with Gasteiger partial charge in [0.2, 0.25) is 0 Å². The van der Waals surface area contributed by atoms with Crippen molar-refractivity contribution in [2.24, 2.45) is 0 Å². The summed E-state index contributed by atoms with van der Waals surface area (Å²) in [6.45, 7) is 8.33. The van der Waals surface area contributed by atoms with E-state index in [2.05, 4.69) is 10.3 Å². The lowest BCUT2D eigenvalue weighted by Crippen LogP contribution is -2.41. The first-order chi connectivity index (χ1) is 13.2. The molecule has 2 fully saturated rings. The molecule has 2 aliphatic rings. The molecule has 0 aliphatic carbocycles. The minimum atomic E-state index is -0.801. The van der Waals surface area contributed by atoms with Crippen LogP contribution < -0.4 is 10.4 Å². The molecule has 0 spiro atoms. The Morgan fingerprint density at radius 1 is 1.25 bits per heavy atom. The number of nitrogens with zero attached hydrogens (tertiary/aromatic N) is 4. The van der Waals surface area contributed by atoms with Crippen LogP contribution >= 0.6 is 0 Å². The average molecular weight is 388 g/mol. The van der Waals surface area contributed by atoms with Crippen molar-refractivity contribution >= 4 is 24.4 Å². The van der Waals surface area contributed by atoms with E-state index in [1.165, 1.54) is 11.0 Å². The second kappa shape index (κ2) is 6.56. The molecule has 1 atom stereocenters. The highest BCUT2D eigenvalue weighted by molar-refractivity contribution is 6.62. The van der Waals surface area contributed by atoms with Crippen molar-refractivity contribution in [1.82, 2.24) is 15.0 Å². The molecule has 0 radical (unpaired) electrons. The molecule has 2 saturated heterocycles. The maximum atomic E-state index is 14.8. The summed E-state index contributed by atoms with van der Waals surface area (Å²) in [5, 5.41) is 7.59. The van der Waals surface area contributed by atoms with Crippen LogP contribution in [0.15, 0.2) is 30.6 Å². The van der Waals surface area contributed by atoms with E-state index in [1.807, 2.05) is 27.7 Å². The lowest BCUT2D eigenvalue weighted by Gasteiger charge is -2.32. The second-order valence-electron chi connectivity index (χ2n) is 8.04. The van der Waals surface area contributed by atoms with Crippen molar-refractivity contribution in [2.45, 2.75) is 51.5 Å². The Hall–Kier alpha value is -2.46. The van der Waals surface area contributed by atoms with E-state index in [-0.39, 0.29) is 6.10 Å². The van der Waals surface area contributed by atoms with Gasteiger partial charge < -0.3 is 14.0 Å². The van der Waals surface area contributed by atoms with Crippen molar-refractivity contribution in [3.05, 3.63) is 36.4 Å². The van der Waals surface area contributed by atoms with Crippen LogP contribution in [0.1, 0.15) is 27.7 Å². The lowest BCUT2D eigenvalue weighted by molar-refractivity contribution is 0.00578. The zero-order valence-corrected chi connectivity index (χ0v) is 16.3. The highest BCUT2D eigenvalue weighted by Crippen LogP contribution is 2.37. The van der Waals surface area contributed by atoms with Crippen molar-refractivity contribution in [3.8, 4) is 0 Å². The number of carbonyl (C=O) groups excluding carboxylic acids is 1. The third-order valence-electron chi connectivity index (χ3n) is 5.54. The number of hydrogen-bond acceptors (Lipinski definition) is 6. The summed E-state index contributed by atoms with van der Waals surface area (Å²) in [5.74, 6) is -0.497. The standard InChI is InChI=1S/C18H22BFN4O4/c1-17(2)18(3,4)28-19(27-17)14-6-5-12(9-15(14)20)24-11-13(26-16(24)25)10-23-8-7-21-22-23/h5-9,13H,10-11H2,1-4H3. The van der Waals surface area contributed by atoms with Gasteiger partial charge in [-0.05, 0) is 39.8 Å². The van der Waals surface area contributed by atoms with Gasteiger partial charge in [0.15, 0.2) is 0 Å². The van der Waals surface area contributed by atoms with Gasteiger partial charge in [0, 0.05) is 11.7 Å². The van der Waals surface area contributed by atoms with E-state index in [0.717, 1.165) is 0 Å². The lowest BCUT2D eigenvalue weighted by atomic mass is 9.78. The summed E-state index contributed by atoms with van der Waals surface area (Å²) in [4.78, 5) is 13.6. The van der Waals surface area contributed by atoms with Gasteiger partial charge in [0.25, 0.3) is 0 Å². The molecule has 0 N–H and O–H groups in total. The van der Waals surface area contributed by atoms with E-state index < -0.39 is 30.2 Å². The molecular formula is C18H22BFN4O4. The van der Waals surface area contributed by atoms with Crippen LogP contribution in [0, 0.1) is 5.82 Å². The molecule has 148 valence electrons. The largest absolute Gasteiger partial charge is 0.497 e. The molecule has 1 amide bonds. The first-order valence-electron chi connectivity index (χ1n) is 9.14. The van der Waals surface area contributed by atoms with Gasteiger partial charge >= 0.3 is 13.2 Å². The minimum Gasteiger partial charge on any atom is -0.442 e. The molecule has 1 unspecified atom stereocenters. The Kier molecular flexibility index (Phi) is 4.42. The summed E-state index contributed by atoms with van der Waals surface area (Å²) in [5.41, 5.74) is -0.398. The van der Waals surface area contributed by atoms with Crippen LogP contribution in [-0.2, 0) is 20.6 Å². The number of aromatic nitrogens is 3. The molecule has 0 bridgehead atoms. The van der Waals surface area contributed by atoms with Crippen LogP contribution in [0.2, 0.25) is 0 Å². The highest BCUT2D eigenvalue weighted by atomic mass is 19.1. The van der Waals surface area contributed by atoms with Crippen molar-refractivity contribution in [3.63, 3.8) is 0 Å². The van der Waals surface area contributed by atoms with E-state index >= 15 is 0 Å².